The third-order valence-corrected chi connectivity index (χ3v) is 2.98. The molecule has 1 atom stereocenters. The first-order valence-corrected chi connectivity index (χ1v) is 5.54. The molecule has 0 bridgehead atoms. The molecule has 0 fully saturated rings. The minimum atomic E-state index is -0.220. The van der Waals surface area contributed by atoms with E-state index in [0.29, 0.717) is 6.42 Å². The third-order valence-electron chi connectivity index (χ3n) is 2.98. The zero-order valence-corrected chi connectivity index (χ0v) is 10.0. The quantitative estimate of drug-likeness (QED) is 0.882. The van der Waals surface area contributed by atoms with E-state index in [9.17, 15) is 4.39 Å². The van der Waals surface area contributed by atoms with E-state index in [4.69, 9.17) is 5.73 Å². The topological polar surface area (TPSA) is 43.8 Å². The van der Waals surface area contributed by atoms with Gasteiger partial charge in [0.15, 0.2) is 0 Å². The van der Waals surface area contributed by atoms with E-state index in [1.165, 1.54) is 6.07 Å². The standard InChI is InChI=1S/C13H16FN3/c1-9-3-4-11(14)5-10(9)6-12(15)13-7-16-8-17(13)2/h3-5,7-8,12H,6,15H2,1-2H3. The number of nitrogens with zero attached hydrogens (tertiary/aromatic N) is 2. The fraction of sp³-hybridized carbons (Fsp3) is 0.308. The lowest BCUT2D eigenvalue weighted by atomic mass is 10.00. The van der Waals surface area contributed by atoms with Crippen LogP contribution in [0.4, 0.5) is 4.39 Å². The van der Waals surface area contributed by atoms with Crippen molar-refractivity contribution in [2.24, 2.45) is 12.8 Å². The van der Waals surface area contributed by atoms with E-state index < -0.39 is 0 Å². The molecule has 0 saturated heterocycles. The Hall–Kier alpha value is -1.68. The summed E-state index contributed by atoms with van der Waals surface area (Å²) < 4.78 is 15.0. The highest BCUT2D eigenvalue weighted by molar-refractivity contribution is 5.28. The number of aryl methyl sites for hydroxylation is 2. The lowest BCUT2D eigenvalue weighted by Gasteiger charge is -2.14. The lowest BCUT2D eigenvalue weighted by Crippen LogP contribution is -2.17. The number of benzene rings is 1. The molecule has 0 aliphatic rings. The summed E-state index contributed by atoms with van der Waals surface area (Å²) in [4.78, 5) is 4.03. The summed E-state index contributed by atoms with van der Waals surface area (Å²) >= 11 is 0. The van der Waals surface area contributed by atoms with Gasteiger partial charge in [-0.2, -0.15) is 0 Å². The van der Waals surface area contributed by atoms with E-state index in [2.05, 4.69) is 4.98 Å². The van der Waals surface area contributed by atoms with Gasteiger partial charge in [-0.25, -0.2) is 9.37 Å². The molecule has 1 aromatic carbocycles. The van der Waals surface area contributed by atoms with Crippen molar-refractivity contribution in [3.8, 4) is 0 Å². The average Bonchev–Trinajstić information content (AvgIpc) is 2.70. The van der Waals surface area contributed by atoms with E-state index in [1.807, 2.05) is 18.5 Å². The molecule has 3 nitrogen and oxygen atoms in total. The summed E-state index contributed by atoms with van der Waals surface area (Å²) in [6.45, 7) is 1.96. The maximum atomic E-state index is 13.2. The number of rotatable bonds is 3. The van der Waals surface area contributed by atoms with Crippen LogP contribution in [0.1, 0.15) is 22.9 Å². The molecule has 0 aliphatic heterocycles. The Morgan fingerprint density at radius 1 is 1.47 bits per heavy atom. The molecule has 2 rings (SSSR count). The Labute approximate surface area is 100 Å². The van der Waals surface area contributed by atoms with Gasteiger partial charge in [-0.05, 0) is 36.6 Å². The molecule has 0 radical (unpaired) electrons. The van der Waals surface area contributed by atoms with E-state index in [-0.39, 0.29) is 11.9 Å². The van der Waals surface area contributed by atoms with E-state index in [0.717, 1.165) is 16.8 Å². The van der Waals surface area contributed by atoms with Crippen LogP contribution in [0.2, 0.25) is 0 Å². The van der Waals surface area contributed by atoms with Crippen molar-refractivity contribution in [1.82, 2.24) is 9.55 Å². The molecule has 0 amide bonds. The Balaban J connectivity index is 2.21. The second-order valence-electron chi connectivity index (χ2n) is 4.31. The second kappa shape index (κ2) is 4.67. The Morgan fingerprint density at radius 3 is 2.88 bits per heavy atom. The van der Waals surface area contributed by atoms with Crippen molar-refractivity contribution < 1.29 is 4.39 Å². The number of hydrogen-bond acceptors (Lipinski definition) is 2. The predicted octanol–water partition coefficient (Wildman–Crippen LogP) is 2.11. The van der Waals surface area contributed by atoms with Crippen LogP contribution < -0.4 is 5.73 Å². The van der Waals surface area contributed by atoms with Crippen molar-refractivity contribution in [1.29, 1.82) is 0 Å². The molecular formula is C13H16FN3. The number of imidazole rings is 1. The van der Waals surface area contributed by atoms with Gasteiger partial charge in [0.25, 0.3) is 0 Å². The highest BCUT2D eigenvalue weighted by Gasteiger charge is 2.12. The van der Waals surface area contributed by atoms with Crippen molar-refractivity contribution >= 4 is 0 Å². The summed E-state index contributed by atoms with van der Waals surface area (Å²) in [5, 5.41) is 0. The highest BCUT2D eigenvalue weighted by atomic mass is 19.1. The molecular weight excluding hydrogens is 217 g/mol. The van der Waals surface area contributed by atoms with Gasteiger partial charge >= 0.3 is 0 Å². The molecule has 4 heteroatoms. The zero-order valence-electron chi connectivity index (χ0n) is 10.0. The average molecular weight is 233 g/mol. The van der Waals surface area contributed by atoms with Gasteiger partial charge in [-0.15, -0.1) is 0 Å². The van der Waals surface area contributed by atoms with Crippen LogP contribution in [0.5, 0.6) is 0 Å². The van der Waals surface area contributed by atoms with Crippen LogP contribution in [-0.2, 0) is 13.5 Å². The van der Waals surface area contributed by atoms with Crippen molar-refractivity contribution in [2.75, 3.05) is 0 Å². The molecule has 2 N–H and O–H groups in total. The van der Waals surface area contributed by atoms with Gasteiger partial charge in [-0.3, -0.25) is 0 Å². The summed E-state index contributed by atoms with van der Waals surface area (Å²) in [5.74, 6) is -0.220. The minimum absolute atomic E-state index is 0.164. The molecule has 0 saturated carbocycles. The summed E-state index contributed by atoms with van der Waals surface area (Å²) in [5.41, 5.74) is 9.06. The predicted molar refractivity (Wildman–Crippen MR) is 65.0 cm³/mol. The number of halogens is 1. The number of nitrogens with two attached hydrogens (primary N) is 1. The monoisotopic (exact) mass is 233 g/mol. The van der Waals surface area contributed by atoms with Crippen LogP contribution in [0, 0.1) is 12.7 Å². The molecule has 2 aromatic rings. The first-order chi connectivity index (χ1) is 8.08. The largest absolute Gasteiger partial charge is 0.336 e. The smallest absolute Gasteiger partial charge is 0.123 e. The zero-order chi connectivity index (χ0) is 12.4. The first kappa shape index (κ1) is 11.8. The normalized spacial score (nSPS) is 12.7. The molecule has 17 heavy (non-hydrogen) atoms. The molecule has 1 aromatic heterocycles. The summed E-state index contributed by atoms with van der Waals surface area (Å²) in [6.07, 6.45) is 4.08. The summed E-state index contributed by atoms with van der Waals surface area (Å²) in [6, 6.07) is 4.63. The molecule has 0 spiro atoms. The van der Waals surface area contributed by atoms with Gasteiger partial charge in [0, 0.05) is 13.2 Å². The second-order valence-corrected chi connectivity index (χ2v) is 4.31. The number of aromatic nitrogens is 2. The molecule has 1 unspecified atom stereocenters. The van der Waals surface area contributed by atoms with E-state index >= 15 is 0 Å². The van der Waals surface area contributed by atoms with Gasteiger partial charge in [0.1, 0.15) is 5.82 Å². The molecule has 0 aliphatic carbocycles. The Morgan fingerprint density at radius 2 is 2.24 bits per heavy atom. The Bertz CT molecular complexity index is 519. The van der Waals surface area contributed by atoms with Crippen molar-refractivity contribution in [3.05, 3.63) is 53.4 Å². The van der Waals surface area contributed by atoms with Crippen molar-refractivity contribution in [3.63, 3.8) is 0 Å². The third kappa shape index (κ3) is 2.53. The van der Waals surface area contributed by atoms with E-state index in [1.54, 1.807) is 24.7 Å². The maximum Gasteiger partial charge on any atom is 0.123 e. The van der Waals surface area contributed by atoms with Gasteiger partial charge < -0.3 is 10.3 Å². The molecule has 1 heterocycles. The minimum Gasteiger partial charge on any atom is -0.336 e. The fourth-order valence-corrected chi connectivity index (χ4v) is 1.93. The van der Waals surface area contributed by atoms with Gasteiger partial charge in [0.2, 0.25) is 0 Å². The van der Waals surface area contributed by atoms with Crippen LogP contribution >= 0.6 is 0 Å². The number of hydrogen-bond donors (Lipinski definition) is 1. The van der Waals surface area contributed by atoms with Crippen molar-refractivity contribution in [2.45, 2.75) is 19.4 Å². The van der Waals surface area contributed by atoms with Crippen LogP contribution in [0.25, 0.3) is 0 Å². The highest BCUT2D eigenvalue weighted by Crippen LogP contribution is 2.18. The maximum absolute atomic E-state index is 13.2. The van der Waals surface area contributed by atoms with Gasteiger partial charge in [0.05, 0.1) is 18.1 Å². The van der Waals surface area contributed by atoms with Crippen LogP contribution in [-0.4, -0.2) is 9.55 Å². The van der Waals surface area contributed by atoms with Gasteiger partial charge in [-0.1, -0.05) is 6.07 Å². The lowest BCUT2D eigenvalue weighted by molar-refractivity contribution is 0.615. The Kier molecular flexibility index (Phi) is 3.24. The molecule has 90 valence electrons. The SMILES string of the molecule is Cc1ccc(F)cc1CC(N)c1cncn1C. The first-order valence-electron chi connectivity index (χ1n) is 5.54. The van der Waals surface area contributed by atoms with Crippen LogP contribution in [0.3, 0.4) is 0 Å². The summed E-state index contributed by atoms with van der Waals surface area (Å²) in [7, 11) is 1.90. The van der Waals surface area contributed by atoms with Crippen LogP contribution in [0.15, 0.2) is 30.7 Å². The fourth-order valence-electron chi connectivity index (χ4n) is 1.93.